The van der Waals surface area contributed by atoms with Crippen LogP contribution in [0.2, 0.25) is 0 Å². The average molecular weight is 279 g/mol. The lowest BCUT2D eigenvalue weighted by Gasteiger charge is -2.02. The van der Waals surface area contributed by atoms with Gasteiger partial charge in [-0.2, -0.15) is 5.26 Å². The molecule has 1 aromatic heterocycles. The molecule has 0 spiro atoms. The highest BCUT2D eigenvalue weighted by Crippen LogP contribution is 2.16. The first kappa shape index (κ1) is 14.4. The van der Waals surface area contributed by atoms with E-state index < -0.39 is 5.97 Å². The van der Waals surface area contributed by atoms with E-state index in [0.29, 0.717) is 11.4 Å². The number of nitriles is 1. The third-order valence-electron chi connectivity index (χ3n) is 2.81. The Morgan fingerprint density at radius 2 is 1.76 bits per heavy atom. The second-order valence-electron chi connectivity index (χ2n) is 4.57. The van der Waals surface area contributed by atoms with Crippen molar-refractivity contribution in [2.75, 3.05) is 0 Å². The summed E-state index contributed by atoms with van der Waals surface area (Å²) in [7, 11) is 0. The van der Waals surface area contributed by atoms with E-state index in [2.05, 4.69) is 16.0 Å². The van der Waals surface area contributed by atoms with Crippen LogP contribution in [-0.2, 0) is 0 Å². The molecule has 1 heterocycles. The van der Waals surface area contributed by atoms with E-state index in [0.717, 1.165) is 17.0 Å². The normalized spacial score (nSPS) is 11.0. The zero-order valence-electron chi connectivity index (χ0n) is 11.7. The van der Waals surface area contributed by atoms with Crippen molar-refractivity contribution in [3.63, 3.8) is 0 Å². The molecule has 0 aliphatic carbocycles. The smallest absolute Gasteiger partial charge is 0.335 e. The molecule has 104 valence electrons. The highest BCUT2D eigenvalue weighted by molar-refractivity contribution is 5.90. The molecule has 0 amide bonds. The van der Waals surface area contributed by atoms with Gasteiger partial charge >= 0.3 is 5.97 Å². The van der Waals surface area contributed by atoms with Crippen LogP contribution in [0.25, 0.3) is 11.6 Å². The van der Waals surface area contributed by atoms with Gasteiger partial charge < -0.3 is 5.11 Å². The van der Waals surface area contributed by atoms with Crippen LogP contribution in [-0.4, -0.2) is 21.0 Å². The highest BCUT2D eigenvalue weighted by Gasteiger charge is 2.07. The minimum Gasteiger partial charge on any atom is -0.478 e. The number of hydrogen-bond acceptors (Lipinski definition) is 4. The number of benzene rings is 1. The molecule has 5 nitrogen and oxygen atoms in total. The van der Waals surface area contributed by atoms with Gasteiger partial charge in [-0.1, -0.05) is 12.1 Å². The van der Waals surface area contributed by atoms with Crippen molar-refractivity contribution in [1.29, 1.82) is 5.26 Å². The monoisotopic (exact) mass is 279 g/mol. The van der Waals surface area contributed by atoms with Gasteiger partial charge in [0, 0.05) is 11.4 Å². The fraction of sp³-hybridized carbons (Fsp3) is 0.125. The SMILES string of the molecule is Cc1cc(C)nc(C(C#N)=Cc2ccc(C(=O)O)cc2)n1. The Labute approximate surface area is 122 Å². The molecule has 0 aliphatic rings. The van der Waals surface area contributed by atoms with E-state index in [1.165, 1.54) is 12.1 Å². The molecule has 0 fully saturated rings. The molecule has 5 heteroatoms. The van der Waals surface area contributed by atoms with Gasteiger partial charge in [0.25, 0.3) is 0 Å². The Morgan fingerprint density at radius 3 is 2.24 bits per heavy atom. The van der Waals surface area contributed by atoms with Crippen LogP contribution < -0.4 is 0 Å². The number of aryl methyl sites for hydroxylation is 2. The Kier molecular flexibility index (Phi) is 4.10. The van der Waals surface area contributed by atoms with Gasteiger partial charge in [-0.25, -0.2) is 14.8 Å². The molecule has 1 aromatic carbocycles. The Balaban J connectivity index is 2.41. The second kappa shape index (κ2) is 5.97. The van der Waals surface area contributed by atoms with Gasteiger partial charge in [-0.15, -0.1) is 0 Å². The van der Waals surface area contributed by atoms with Crippen LogP contribution in [0.5, 0.6) is 0 Å². The van der Waals surface area contributed by atoms with Crippen molar-refractivity contribution in [2.24, 2.45) is 0 Å². The van der Waals surface area contributed by atoms with Crippen LogP contribution >= 0.6 is 0 Å². The fourth-order valence-electron chi connectivity index (χ4n) is 1.88. The largest absolute Gasteiger partial charge is 0.478 e. The summed E-state index contributed by atoms with van der Waals surface area (Å²) >= 11 is 0. The van der Waals surface area contributed by atoms with Crippen LogP contribution in [0.4, 0.5) is 0 Å². The van der Waals surface area contributed by atoms with Crippen molar-refractivity contribution >= 4 is 17.6 Å². The first-order valence-electron chi connectivity index (χ1n) is 6.27. The van der Waals surface area contributed by atoms with Crippen molar-refractivity contribution in [2.45, 2.75) is 13.8 Å². The molecule has 2 aromatic rings. The number of aromatic carboxylic acids is 1. The van der Waals surface area contributed by atoms with Crippen LogP contribution in [0, 0.1) is 25.2 Å². The molecule has 0 unspecified atom stereocenters. The summed E-state index contributed by atoms with van der Waals surface area (Å²) in [6.07, 6.45) is 1.64. The van der Waals surface area contributed by atoms with Crippen molar-refractivity contribution < 1.29 is 9.90 Å². The van der Waals surface area contributed by atoms with E-state index in [9.17, 15) is 10.1 Å². The van der Waals surface area contributed by atoms with E-state index >= 15 is 0 Å². The number of carboxylic acid groups (broad SMARTS) is 1. The number of carbonyl (C=O) groups is 1. The van der Waals surface area contributed by atoms with E-state index in [1.54, 1.807) is 18.2 Å². The lowest BCUT2D eigenvalue weighted by molar-refractivity contribution is 0.0697. The average Bonchev–Trinajstić information content (AvgIpc) is 2.44. The van der Waals surface area contributed by atoms with Crippen molar-refractivity contribution in [3.05, 3.63) is 58.7 Å². The molecule has 21 heavy (non-hydrogen) atoms. The van der Waals surface area contributed by atoms with Gasteiger partial charge in [0.05, 0.1) is 11.1 Å². The predicted molar refractivity (Wildman–Crippen MR) is 78.4 cm³/mol. The van der Waals surface area contributed by atoms with Crippen LogP contribution in [0.1, 0.15) is 33.1 Å². The third-order valence-corrected chi connectivity index (χ3v) is 2.81. The summed E-state index contributed by atoms with van der Waals surface area (Å²) in [6, 6.07) is 10.2. The van der Waals surface area contributed by atoms with E-state index in [1.807, 2.05) is 19.9 Å². The molecule has 2 rings (SSSR count). The lowest BCUT2D eigenvalue weighted by Crippen LogP contribution is -1.98. The Morgan fingerprint density at radius 1 is 1.19 bits per heavy atom. The summed E-state index contributed by atoms with van der Waals surface area (Å²) in [6.45, 7) is 3.68. The van der Waals surface area contributed by atoms with Gasteiger partial charge in [0.2, 0.25) is 0 Å². The van der Waals surface area contributed by atoms with Gasteiger partial charge in [-0.05, 0) is 43.7 Å². The zero-order valence-corrected chi connectivity index (χ0v) is 11.7. The fourth-order valence-corrected chi connectivity index (χ4v) is 1.88. The third kappa shape index (κ3) is 3.51. The molecule has 0 bridgehead atoms. The van der Waals surface area contributed by atoms with Gasteiger partial charge in [0.1, 0.15) is 6.07 Å². The summed E-state index contributed by atoms with van der Waals surface area (Å²) in [4.78, 5) is 19.3. The predicted octanol–water partition coefficient (Wildman–Crippen LogP) is 2.86. The molecule has 0 saturated heterocycles. The maximum absolute atomic E-state index is 10.8. The number of hydrogen-bond donors (Lipinski definition) is 1. The maximum Gasteiger partial charge on any atom is 0.335 e. The van der Waals surface area contributed by atoms with E-state index in [-0.39, 0.29) is 5.56 Å². The second-order valence-corrected chi connectivity index (χ2v) is 4.57. The molecule has 0 atom stereocenters. The molecule has 0 saturated carbocycles. The minimum atomic E-state index is -0.983. The van der Waals surface area contributed by atoms with Crippen molar-refractivity contribution in [3.8, 4) is 6.07 Å². The topological polar surface area (TPSA) is 86.9 Å². The first-order chi connectivity index (χ1) is 9.99. The summed E-state index contributed by atoms with van der Waals surface area (Å²) in [5.74, 6) is -0.610. The molecular formula is C16H13N3O2. The van der Waals surface area contributed by atoms with Crippen LogP contribution in [0.3, 0.4) is 0 Å². The number of allylic oxidation sites excluding steroid dienone is 1. The minimum absolute atomic E-state index is 0.202. The van der Waals surface area contributed by atoms with Gasteiger partial charge in [0.15, 0.2) is 5.82 Å². The standard InChI is InChI=1S/C16H13N3O2/c1-10-7-11(2)19-15(18-10)14(9-17)8-12-3-5-13(6-4-12)16(20)21/h3-8H,1-2H3,(H,20,21). The summed E-state index contributed by atoms with van der Waals surface area (Å²) in [5, 5.41) is 18.1. The first-order valence-corrected chi connectivity index (χ1v) is 6.27. The number of nitrogens with zero attached hydrogens (tertiary/aromatic N) is 3. The zero-order chi connectivity index (χ0) is 15.4. The lowest BCUT2D eigenvalue weighted by atomic mass is 10.1. The Hall–Kier alpha value is -3.00. The number of carboxylic acids is 1. The maximum atomic E-state index is 10.8. The summed E-state index contributed by atoms with van der Waals surface area (Å²) < 4.78 is 0. The summed E-state index contributed by atoms with van der Waals surface area (Å²) in [5.41, 5.74) is 2.84. The highest BCUT2D eigenvalue weighted by atomic mass is 16.4. The van der Waals surface area contributed by atoms with Gasteiger partial charge in [-0.3, -0.25) is 0 Å². The van der Waals surface area contributed by atoms with Crippen molar-refractivity contribution in [1.82, 2.24) is 9.97 Å². The molecule has 0 radical (unpaired) electrons. The Bertz CT molecular complexity index is 736. The molecule has 1 N–H and O–H groups in total. The quantitative estimate of drug-likeness (QED) is 0.873. The van der Waals surface area contributed by atoms with Crippen LogP contribution in [0.15, 0.2) is 30.3 Å². The number of aromatic nitrogens is 2. The molecule has 0 aliphatic heterocycles. The molecular weight excluding hydrogens is 266 g/mol. The number of rotatable bonds is 3. The van der Waals surface area contributed by atoms with E-state index in [4.69, 9.17) is 5.11 Å².